The topological polar surface area (TPSA) is 57.6 Å². The third-order valence-corrected chi connectivity index (χ3v) is 4.48. The van der Waals surface area contributed by atoms with Crippen LogP contribution in [-0.2, 0) is 9.59 Å². The van der Waals surface area contributed by atoms with E-state index in [1.807, 2.05) is 6.92 Å². The first-order valence-corrected chi connectivity index (χ1v) is 7.92. The Morgan fingerprint density at radius 1 is 1.45 bits per heavy atom. The Kier molecular flexibility index (Phi) is 5.31. The first-order valence-electron chi connectivity index (χ1n) is 6.69. The summed E-state index contributed by atoms with van der Waals surface area (Å²) in [5, 5.41) is 9.28. The molecule has 7 heteroatoms. The Hall–Kier alpha value is -1.73. The number of hydrogen-bond donors (Lipinski definition) is 1. The Balaban J connectivity index is 2.27. The van der Waals surface area contributed by atoms with Crippen molar-refractivity contribution in [2.24, 2.45) is 0 Å². The third kappa shape index (κ3) is 3.53. The van der Waals surface area contributed by atoms with Gasteiger partial charge in [-0.1, -0.05) is 49.5 Å². The second-order valence-electron chi connectivity index (χ2n) is 4.75. The maximum absolute atomic E-state index is 12.9. The molecule has 0 unspecified atom stereocenters. The molecule has 0 radical (unpaired) electrons. The molecule has 1 saturated heterocycles. The monoisotopic (exact) mass is 339 g/mol. The molecule has 0 saturated carbocycles. The summed E-state index contributed by atoms with van der Waals surface area (Å²) < 4.78 is 13.1. The summed E-state index contributed by atoms with van der Waals surface area (Å²) in [6, 6.07) is 4.73. The van der Waals surface area contributed by atoms with E-state index in [1.165, 1.54) is 12.1 Å². The lowest BCUT2D eigenvalue weighted by atomic mass is 10.1. The van der Waals surface area contributed by atoms with Crippen molar-refractivity contribution in [1.29, 1.82) is 0 Å². The molecule has 1 aromatic rings. The van der Waals surface area contributed by atoms with Gasteiger partial charge in [-0.3, -0.25) is 9.69 Å². The predicted octanol–water partition coefficient (Wildman–Crippen LogP) is 3.28. The number of carbonyl (C=O) groups is 2. The molecule has 0 spiro atoms. The molecule has 2 rings (SSSR count). The van der Waals surface area contributed by atoms with Crippen molar-refractivity contribution in [1.82, 2.24) is 4.90 Å². The molecule has 1 aliphatic heterocycles. The molecule has 1 fully saturated rings. The highest BCUT2D eigenvalue weighted by molar-refractivity contribution is 8.26. The van der Waals surface area contributed by atoms with Crippen LogP contribution in [-0.4, -0.2) is 32.2 Å². The Morgan fingerprint density at radius 3 is 2.64 bits per heavy atom. The van der Waals surface area contributed by atoms with Crippen LogP contribution in [0.4, 0.5) is 4.39 Å². The van der Waals surface area contributed by atoms with Crippen LogP contribution < -0.4 is 0 Å². The maximum atomic E-state index is 12.9. The highest BCUT2D eigenvalue weighted by atomic mass is 32.2. The molecule has 1 atom stereocenters. The number of aliphatic carboxylic acids is 1. The fraction of sp³-hybridized carbons (Fsp3) is 0.267. The number of carboxylic acid groups (broad SMARTS) is 1. The molecule has 1 aromatic carbocycles. The smallest absolute Gasteiger partial charge is 0.326 e. The van der Waals surface area contributed by atoms with Gasteiger partial charge in [0.15, 0.2) is 0 Å². The fourth-order valence-corrected chi connectivity index (χ4v) is 3.45. The van der Waals surface area contributed by atoms with Crippen LogP contribution in [0.2, 0.25) is 0 Å². The SMILES string of the molecule is CCC[C@@H](C(=O)O)N1C(=O)/C(=C\c2ccc(F)cc2)SC1=S. The van der Waals surface area contributed by atoms with E-state index in [9.17, 15) is 19.1 Å². The quantitative estimate of drug-likeness (QED) is 0.659. The van der Waals surface area contributed by atoms with E-state index in [1.54, 1.807) is 18.2 Å². The lowest BCUT2D eigenvalue weighted by molar-refractivity contribution is -0.145. The number of thioether (sulfide) groups is 1. The number of benzene rings is 1. The number of nitrogens with zero attached hydrogens (tertiary/aromatic N) is 1. The van der Waals surface area contributed by atoms with Crippen molar-refractivity contribution < 1.29 is 19.1 Å². The minimum Gasteiger partial charge on any atom is -0.480 e. The van der Waals surface area contributed by atoms with E-state index in [-0.39, 0.29) is 10.1 Å². The van der Waals surface area contributed by atoms with Crippen molar-refractivity contribution in [3.63, 3.8) is 0 Å². The number of halogens is 1. The lowest BCUT2D eigenvalue weighted by Crippen LogP contribution is -2.43. The Morgan fingerprint density at radius 2 is 2.09 bits per heavy atom. The van der Waals surface area contributed by atoms with Gasteiger partial charge in [0.05, 0.1) is 4.91 Å². The number of carbonyl (C=O) groups excluding carboxylic acids is 1. The molecule has 0 aromatic heterocycles. The fourth-order valence-electron chi connectivity index (χ4n) is 2.10. The molecule has 0 bridgehead atoms. The van der Waals surface area contributed by atoms with Crippen LogP contribution in [0.3, 0.4) is 0 Å². The van der Waals surface area contributed by atoms with Crippen LogP contribution in [0, 0.1) is 5.82 Å². The van der Waals surface area contributed by atoms with Gasteiger partial charge in [-0.2, -0.15) is 0 Å². The number of carboxylic acids is 1. The average molecular weight is 339 g/mol. The van der Waals surface area contributed by atoms with E-state index in [0.29, 0.717) is 23.3 Å². The van der Waals surface area contributed by atoms with Crippen LogP contribution >= 0.6 is 24.0 Å². The van der Waals surface area contributed by atoms with Gasteiger partial charge >= 0.3 is 5.97 Å². The first-order chi connectivity index (χ1) is 10.4. The maximum Gasteiger partial charge on any atom is 0.326 e. The molecule has 1 aliphatic rings. The number of hydrogen-bond acceptors (Lipinski definition) is 4. The molecule has 4 nitrogen and oxygen atoms in total. The van der Waals surface area contributed by atoms with Gasteiger partial charge in [-0.25, -0.2) is 9.18 Å². The van der Waals surface area contributed by atoms with Crippen LogP contribution in [0.15, 0.2) is 29.2 Å². The van der Waals surface area contributed by atoms with Gasteiger partial charge in [0, 0.05) is 0 Å². The van der Waals surface area contributed by atoms with Crippen LogP contribution in [0.5, 0.6) is 0 Å². The van der Waals surface area contributed by atoms with Gasteiger partial charge in [-0.15, -0.1) is 0 Å². The standard InChI is InChI=1S/C15H14FNO3S2/c1-2-3-11(14(19)20)17-13(18)12(22-15(17)21)8-9-4-6-10(16)7-5-9/h4-8,11H,2-3H2,1H3,(H,19,20)/b12-8+/t11-/m0/s1. The summed E-state index contributed by atoms with van der Waals surface area (Å²) in [6.07, 6.45) is 2.56. The van der Waals surface area contributed by atoms with Crippen molar-refractivity contribution >= 4 is 46.3 Å². The van der Waals surface area contributed by atoms with Gasteiger partial charge in [0.2, 0.25) is 0 Å². The second kappa shape index (κ2) is 7.02. The highest BCUT2D eigenvalue weighted by Gasteiger charge is 2.39. The van der Waals surface area contributed by atoms with E-state index in [2.05, 4.69) is 0 Å². The largest absolute Gasteiger partial charge is 0.480 e. The molecule has 1 N–H and O–H groups in total. The molecule has 1 amide bonds. The average Bonchev–Trinajstić information content (AvgIpc) is 2.73. The zero-order valence-corrected chi connectivity index (χ0v) is 13.4. The van der Waals surface area contributed by atoms with Gasteiger partial charge in [0.1, 0.15) is 16.2 Å². The van der Waals surface area contributed by atoms with E-state index < -0.39 is 17.9 Å². The normalized spacial score (nSPS) is 18.1. The van der Waals surface area contributed by atoms with Crippen molar-refractivity contribution in [2.75, 3.05) is 0 Å². The van der Waals surface area contributed by atoms with Crippen LogP contribution in [0.25, 0.3) is 6.08 Å². The summed E-state index contributed by atoms with van der Waals surface area (Å²) in [6.45, 7) is 1.85. The predicted molar refractivity (Wildman–Crippen MR) is 87.7 cm³/mol. The number of rotatable bonds is 5. The van der Waals surface area contributed by atoms with E-state index in [0.717, 1.165) is 16.7 Å². The third-order valence-electron chi connectivity index (χ3n) is 3.15. The zero-order valence-electron chi connectivity index (χ0n) is 11.8. The molecule has 1 heterocycles. The summed E-state index contributed by atoms with van der Waals surface area (Å²) in [7, 11) is 0. The molecular weight excluding hydrogens is 325 g/mol. The van der Waals surface area contributed by atoms with Gasteiger partial charge in [-0.05, 0) is 30.2 Å². The highest BCUT2D eigenvalue weighted by Crippen LogP contribution is 2.34. The van der Waals surface area contributed by atoms with Gasteiger partial charge in [0.25, 0.3) is 5.91 Å². The van der Waals surface area contributed by atoms with Crippen molar-refractivity contribution in [3.05, 3.63) is 40.6 Å². The molecular formula is C15H14FNO3S2. The van der Waals surface area contributed by atoms with Crippen LogP contribution in [0.1, 0.15) is 25.3 Å². The lowest BCUT2D eigenvalue weighted by Gasteiger charge is -2.22. The van der Waals surface area contributed by atoms with E-state index >= 15 is 0 Å². The van der Waals surface area contributed by atoms with Crippen molar-refractivity contribution in [2.45, 2.75) is 25.8 Å². The molecule has 0 aliphatic carbocycles. The minimum absolute atomic E-state index is 0.235. The summed E-state index contributed by atoms with van der Waals surface area (Å²) in [5.74, 6) is -1.85. The molecule has 116 valence electrons. The number of amides is 1. The summed E-state index contributed by atoms with van der Waals surface area (Å²) in [4.78, 5) is 25.3. The van der Waals surface area contributed by atoms with Gasteiger partial charge < -0.3 is 5.11 Å². The first kappa shape index (κ1) is 16.6. The Bertz CT molecular complexity index is 643. The summed E-state index contributed by atoms with van der Waals surface area (Å²) >= 11 is 6.21. The minimum atomic E-state index is -1.07. The molecule has 22 heavy (non-hydrogen) atoms. The zero-order chi connectivity index (χ0) is 16.3. The number of thiocarbonyl (C=S) groups is 1. The summed E-state index contributed by atoms with van der Waals surface area (Å²) in [5.41, 5.74) is 0.657. The second-order valence-corrected chi connectivity index (χ2v) is 6.42. The van der Waals surface area contributed by atoms with E-state index in [4.69, 9.17) is 12.2 Å². The Labute approximate surface area is 137 Å². The van der Waals surface area contributed by atoms with Crippen molar-refractivity contribution in [3.8, 4) is 0 Å².